The Balaban J connectivity index is 2.13. The van der Waals surface area contributed by atoms with Gasteiger partial charge in [-0.15, -0.1) is 0 Å². The molecule has 1 heterocycles. The third-order valence-corrected chi connectivity index (χ3v) is 6.73. The molecular formula is C25H28F3N3O7S. The molecule has 0 saturated heterocycles. The molecule has 0 fully saturated rings. The minimum absolute atomic E-state index is 0.00416. The average molecular weight is 572 g/mol. The summed E-state index contributed by atoms with van der Waals surface area (Å²) >= 11 is 0. The van der Waals surface area contributed by atoms with Crippen LogP contribution in [0.5, 0.6) is 5.88 Å². The van der Waals surface area contributed by atoms with Crippen molar-refractivity contribution in [2.45, 2.75) is 64.5 Å². The molecule has 0 saturated carbocycles. The lowest BCUT2D eigenvalue weighted by Crippen LogP contribution is -2.17. The first-order chi connectivity index (χ1) is 18.4. The van der Waals surface area contributed by atoms with E-state index in [1.54, 1.807) is 6.92 Å². The highest BCUT2D eigenvalue weighted by molar-refractivity contribution is 7.87. The summed E-state index contributed by atoms with van der Waals surface area (Å²) in [7, 11) is -4.24. The first-order valence-electron chi connectivity index (χ1n) is 12.2. The number of carbonyl (C=O) groups is 1. The number of rotatable bonds is 15. The van der Waals surface area contributed by atoms with E-state index in [0.717, 1.165) is 0 Å². The van der Waals surface area contributed by atoms with Gasteiger partial charge >= 0.3 is 22.3 Å². The van der Waals surface area contributed by atoms with Gasteiger partial charge in [-0.1, -0.05) is 32.1 Å². The first kappa shape index (κ1) is 31.5. The van der Waals surface area contributed by atoms with E-state index >= 15 is 0 Å². The van der Waals surface area contributed by atoms with Crippen LogP contribution in [0.3, 0.4) is 0 Å². The predicted octanol–water partition coefficient (Wildman–Crippen LogP) is 6.10. The smallest absolute Gasteiger partial charge is 0.389 e. The van der Waals surface area contributed by atoms with Crippen molar-refractivity contribution in [3.05, 3.63) is 51.7 Å². The normalized spacial score (nSPS) is 11.6. The lowest BCUT2D eigenvalue weighted by molar-refractivity contribution is -0.384. The van der Waals surface area contributed by atoms with Crippen LogP contribution in [0.2, 0.25) is 0 Å². The van der Waals surface area contributed by atoms with Gasteiger partial charge in [0.25, 0.3) is 11.6 Å². The number of nitrogens with zero attached hydrogens (tertiary/aromatic N) is 3. The summed E-state index contributed by atoms with van der Waals surface area (Å²) in [5, 5.41) is 20.7. The molecule has 0 radical (unpaired) electrons. The number of esters is 1. The monoisotopic (exact) mass is 571 g/mol. The van der Waals surface area contributed by atoms with E-state index < -0.39 is 45.2 Å². The van der Waals surface area contributed by atoms with E-state index in [4.69, 9.17) is 8.92 Å². The van der Waals surface area contributed by atoms with Crippen molar-refractivity contribution in [1.82, 2.24) is 4.98 Å². The number of nitro groups is 1. The number of aromatic nitrogens is 1. The van der Waals surface area contributed by atoms with Crippen molar-refractivity contribution >= 4 is 21.8 Å². The van der Waals surface area contributed by atoms with Gasteiger partial charge in [-0.3, -0.25) is 10.1 Å². The number of non-ortho nitro benzene ring substituents is 1. The summed E-state index contributed by atoms with van der Waals surface area (Å²) in [5.41, 5.74) is -0.472. The van der Waals surface area contributed by atoms with E-state index in [2.05, 4.69) is 4.98 Å². The maximum absolute atomic E-state index is 12.6. The van der Waals surface area contributed by atoms with Crippen LogP contribution in [0.4, 0.5) is 18.9 Å². The lowest BCUT2D eigenvalue weighted by Gasteiger charge is -2.13. The number of unbranched alkanes of at least 4 members (excludes halogenated alkanes) is 6. The minimum atomic E-state index is -4.24. The van der Waals surface area contributed by atoms with Crippen LogP contribution in [0.15, 0.2) is 30.3 Å². The Bertz CT molecular complexity index is 1290. The minimum Gasteiger partial charge on any atom is -0.461 e. The van der Waals surface area contributed by atoms with E-state index in [1.165, 1.54) is 30.3 Å². The molecule has 0 spiro atoms. The maximum Gasteiger partial charge on any atom is 0.389 e. The number of ether oxygens (including phenoxy) is 1. The van der Waals surface area contributed by atoms with Gasteiger partial charge in [0.15, 0.2) is 5.69 Å². The Morgan fingerprint density at radius 2 is 1.67 bits per heavy atom. The molecule has 0 aliphatic heterocycles. The molecule has 0 aliphatic rings. The third-order valence-electron chi connectivity index (χ3n) is 5.53. The van der Waals surface area contributed by atoms with Crippen molar-refractivity contribution in [2.24, 2.45) is 0 Å². The van der Waals surface area contributed by atoms with Gasteiger partial charge in [0, 0.05) is 24.1 Å². The van der Waals surface area contributed by atoms with Crippen LogP contribution in [-0.2, 0) is 14.9 Å². The molecule has 0 unspecified atom stereocenters. The summed E-state index contributed by atoms with van der Waals surface area (Å²) in [5.74, 6) is -1.92. The molecule has 0 aliphatic carbocycles. The van der Waals surface area contributed by atoms with Crippen LogP contribution in [0.25, 0.3) is 11.1 Å². The SMILES string of the molecule is CCOC(=O)c1cc(-c2ccc([N+](=O)[O-])cc2)c(C#N)c(OS(=O)(=O)CCCCCCCCCC(F)(F)F)n1. The Morgan fingerprint density at radius 3 is 2.21 bits per heavy atom. The fraction of sp³-hybridized carbons (Fsp3) is 0.480. The van der Waals surface area contributed by atoms with Crippen LogP contribution in [0, 0.1) is 21.4 Å². The Kier molecular flexibility index (Phi) is 11.7. The molecule has 0 amide bonds. The number of nitriles is 1. The van der Waals surface area contributed by atoms with E-state index in [1.807, 2.05) is 6.07 Å². The van der Waals surface area contributed by atoms with Crippen molar-refractivity contribution in [3.8, 4) is 23.1 Å². The second kappa shape index (κ2) is 14.4. The quantitative estimate of drug-likeness (QED) is 0.0812. The molecule has 1 aromatic heterocycles. The Morgan fingerprint density at radius 1 is 1.08 bits per heavy atom. The van der Waals surface area contributed by atoms with Gasteiger partial charge < -0.3 is 8.92 Å². The van der Waals surface area contributed by atoms with Crippen LogP contribution < -0.4 is 4.18 Å². The number of hydrogen-bond donors (Lipinski definition) is 0. The Hall–Kier alpha value is -3.73. The van der Waals surface area contributed by atoms with Gasteiger partial charge in [0.1, 0.15) is 11.6 Å². The third kappa shape index (κ3) is 10.5. The standard InChI is InChI=1S/C25H28F3N3O7S/c1-2-37-24(32)22-16-20(18-10-12-19(13-11-18)31(33)34)21(17-29)23(30-22)38-39(35,36)15-9-7-5-3-4-6-8-14-25(26,27)28/h10-13,16H,2-9,14-15H2,1H3. The van der Waals surface area contributed by atoms with E-state index in [9.17, 15) is 41.8 Å². The zero-order valence-electron chi connectivity index (χ0n) is 21.2. The zero-order chi connectivity index (χ0) is 29.1. The fourth-order valence-corrected chi connectivity index (χ4v) is 4.64. The topological polar surface area (TPSA) is 149 Å². The number of nitro benzene ring substituents is 1. The zero-order valence-corrected chi connectivity index (χ0v) is 22.0. The van der Waals surface area contributed by atoms with Gasteiger partial charge in [-0.25, -0.2) is 9.78 Å². The summed E-state index contributed by atoms with van der Waals surface area (Å²) in [6, 6.07) is 8.09. The second-order valence-corrected chi connectivity index (χ2v) is 10.2. The summed E-state index contributed by atoms with van der Waals surface area (Å²) < 4.78 is 71.8. The highest BCUT2D eigenvalue weighted by Gasteiger charge is 2.26. The molecule has 2 rings (SSSR count). The van der Waals surface area contributed by atoms with Crippen molar-refractivity contribution in [1.29, 1.82) is 5.26 Å². The lowest BCUT2D eigenvalue weighted by atomic mass is 10.0. The molecule has 39 heavy (non-hydrogen) atoms. The molecule has 10 nitrogen and oxygen atoms in total. The van der Waals surface area contributed by atoms with Gasteiger partial charge in [0.05, 0.1) is 17.3 Å². The first-order valence-corrected chi connectivity index (χ1v) is 13.8. The molecule has 2 aromatic rings. The summed E-state index contributed by atoms with van der Waals surface area (Å²) in [6.07, 6.45) is -1.86. The van der Waals surface area contributed by atoms with Crippen LogP contribution in [0.1, 0.15) is 74.3 Å². The summed E-state index contributed by atoms with van der Waals surface area (Å²) in [4.78, 5) is 26.6. The molecular weight excluding hydrogens is 543 g/mol. The highest BCUT2D eigenvalue weighted by atomic mass is 32.2. The molecule has 0 atom stereocenters. The van der Waals surface area contributed by atoms with Crippen LogP contribution >= 0.6 is 0 Å². The molecule has 0 bridgehead atoms. The van der Waals surface area contributed by atoms with E-state index in [-0.39, 0.29) is 47.5 Å². The predicted molar refractivity (Wildman–Crippen MR) is 134 cm³/mol. The number of halogens is 3. The van der Waals surface area contributed by atoms with Crippen molar-refractivity contribution in [2.75, 3.05) is 12.4 Å². The van der Waals surface area contributed by atoms with Crippen LogP contribution in [-0.4, -0.2) is 42.8 Å². The highest BCUT2D eigenvalue weighted by Crippen LogP contribution is 2.32. The number of hydrogen-bond acceptors (Lipinski definition) is 9. The number of carbonyl (C=O) groups excluding carboxylic acids is 1. The maximum atomic E-state index is 12.6. The number of alkyl halides is 3. The van der Waals surface area contributed by atoms with Crippen molar-refractivity contribution < 1.29 is 40.2 Å². The van der Waals surface area contributed by atoms with Gasteiger partial charge in [-0.05, 0) is 43.5 Å². The number of pyridine rings is 1. The van der Waals surface area contributed by atoms with Gasteiger partial charge in [-0.2, -0.15) is 26.9 Å². The van der Waals surface area contributed by atoms with Crippen molar-refractivity contribution in [3.63, 3.8) is 0 Å². The van der Waals surface area contributed by atoms with E-state index in [0.29, 0.717) is 32.1 Å². The number of benzene rings is 1. The average Bonchev–Trinajstić information content (AvgIpc) is 2.86. The molecule has 0 N–H and O–H groups in total. The summed E-state index contributed by atoms with van der Waals surface area (Å²) in [6.45, 7) is 1.56. The molecule has 1 aromatic carbocycles. The fourth-order valence-electron chi connectivity index (χ4n) is 3.64. The largest absolute Gasteiger partial charge is 0.461 e. The molecule has 14 heteroatoms. The Labute approximate surface area is 224 Å². The molecule has 212 valence electrons. The van der Waals surface area contributed by atoms with Gasteiger partial charge in [0.2, 0.25) is 0 Å². The second-order valence-electron chi connectivity index (χ2n) is 8.56.